The Kier molecular flexibility index (Phi) is 4.47. The van der Waals surface area contributed by atoms with Crippen LogP contribution in [-0.4, -0.2) is 28.2 Å². The van der Waals surface area contributed by atoms with Crippen LogP contribution >= 0.6 is 39.3 Å². The first-order valence-electron chi connectivity index (χ1n) is 6.26. The Morgan fingerprint density at radius 3 is 2.62 bits per heavy atom. The summed E-state index contributed by atoms with van der Waals surface area (Å²) in [5, 5.41) is 9.40. The molecule has 0 aliphatic carbocycles. The monoisotopic (exact) mass is 447 g/mol. The van der Waals surface area contributed by atoms with Crippen LogP contribution in [0.2, 0.25) is 5.02 Å². The molecule has 124 valence electrons. The van der Waals surface area contributed by atoms with Gasteiger partial charge in [-0.3, -0.25) is 4.72 Å². The van der Waals surface area contributed by atoms with Crippen LogP contribution < -0.4 is 4.72 Å². The Labute approximate surface area is 153 Å². The number of carboxylic acid groups (broad SMARTS) is 1. The fraction of sp³-hybridized carbons (Fsp3) is 0. The van der Waals surface area contributed by atoms with Crippen molar-refractivity contribution < 1.29 is 18.3 Å². The Balaban J connectivity index is 2.11. The lowest BCUT2D eigenvalue weighted by Crippen LogP contribution is -2.16. The number of benzene rings is 2. The van der Waals surface area contributed by atoms with E-state index in [0.717, 1.165) is 11.7 Å². The van der Waals surface area contributed by atoms with E-state index >= 15 is 0 Å². The van der Waals surface area contributed by atoms with Gasteiger partial charge >= 0.3 is 5.97 Å². The zero-order valence-corrected chi connectivity index (χ0v) is 15.5. The van der Waals surface area contributed by atoms with Gasteiger partial charge in [0.05, 0.1) is 23.0 Å². The van der Waals surface area contributed by atoms with Gasteiger partial charge in [0.1, 0.15) is 15.9 Å². The lowest BCUT2D eigenvalue weighted by Gasteiger charge is -2.11. The van der Waals surface area contributed by atoms with E-state index in [1.165, 1.54) is 30.3 Å². The Hall–Kier alpha value is -1.75. The predicted octanol–water partition coefficient (Wildman–Crippen LogP) is 3.61. The molecule has 11 heteroatoms. The van der Waals surface area contributed by atoms with Crippen LogP contribution in [0.15, 0.2) is 39.7 Å². The van der Waals surface area contributed by atoms with E-state index in [2.05, 4.69) is 29.4 Å². The molecule has 0 fully saturated rings. The van der Waals surface area contributed by atoms with Crippen LogP contribution in [0.5, 0.6) is 0 Å². The number of halogens is 2. The molecule has 2 N–H and O–H groups in total. The molecule has 7 nitrogen and oxygen atoms in total. The summed E-state index contributed by atoms with van der Waals surface area (Å²) in [6.45, 7) is 0. The average molecular weight is 449 g/mol. The number of nitrogens with zero attached hydrogens (tertiary/aromatic N) is 2. The van der Waals surface area contributed by atoms with Gasteiger partial charge in [-0.2, -0.15) is 8.75 Å². The van der Waals surface area contributed by atoms with Gasteiger partial charge in [0.2, 0.25) is 0 Å². The minimum atomic E-state index is -4.07. The summed E-state index contributed by atoms with van der Waals surface area (Å²) in [4.78, 5) is 11.2. The summed E-state index contributed by atoms with van der Waals surface area (Å²) in [5.41, 5.74) is 0.271. The van der Waals surface area contributed by atoms with Crippen molar-refractivity contribution in [2.24, 2.45) is 0 Å². The Morgan fingerprint density at radius 1 is 1.21 bits per heavy atom. The highest BCUT2D eigenvalue weighted by Gasteiger charge is 2.23. The summed E-state index contributed by atoms with van der Waals surface area (Å²) < 4.78 is 36.3. The molecule has 0 radical (unpaired) electrons. The number of hydrogen-bond donors (Lipinski definition) is 2. The lowest BCUT2D eigenvalue weighted by molar-refractivity contribution is 0.0698. The van der Waals surface area contributed by atoms with Crippen molar-refractivity contribution in [2.75, 3.05) is 4.72 Å². The van der Waals surface area contributed by atoms with Crippen molar-refractivity contribution in [2.45, 2.75) is 4.90 Å². The van der Waals surface area contributed by atoms with Gasteiger partial charge in [0, 0.05) is 9.50 Å². The predicted molar refractivity (Wildman–Crippen MR) is 94.3 cm³/mol. The minimum absolute atomic E-state index is 0.0915. The number of rotatable bonds is 4. The SMILES string of the molecule is O=C(O)c1cc(Cl)ccc1NS(=O)(=O)c1ccc(Br)c2nsnc12. The van der Waals surface area contributed by atoms with E-state index < -0.39 is 16.0 Å². The average Bonchev–Trinajstić information content (AvgIpc) is 2.99. The second-order valence-corrected chi connectivity index (χ2v) is 8.08. The summed E-state index contributed by atoms with van der Waals surface area (Å²) >= 11 is 9.93. The van der Waals surface area contributed by atoms with Crippen molar-refractivity contribution in [3.05, 3.63) is 45.4 Å². The smallest absolute Gasteiger partial charge is 0.337 e. The van der Waals surface area contributed by atoms with Gasteiger partial charge in [0.25, 0.3) is 10.0 Å². The van der Waals surface area contributed by atoms with Crippen LogP contribution in [-0.2, 0) is 10.0 Å². The topological polar surface area (TPSA) is 109 Å². The van der Waals surface area contributed by atoms with Crippen molar-refractivity contribution in [1.29, 1.82) is 0 Å². The van der Waals surface area contributed by atoms with Crippen LogP contribution in [0.25, 0.3) is 11.0 Å². The number of sulfonamides is 1. The normalized spacial score (nSPS) is 11.6. The van der Waals surface area contributed by atoms with E-state index in [1.807, 2.05) is 0 Å². The highest BCUT2D eigenvalue weighted by Crippen LogP contribution is 2.30. The van der Waals surface area contributed by atoms with Crippen LogP contribution in [0.1, 0.15) is 10.4 Å². The second kappa shape index (κ2) is 6.28. The molecule has 2 aromatic carbocycles. The lowest BCUT2D eigenvalue weighted by atomic mass is 10.2. The highest BCUT2D eigenvalue weighted by molar-refractivity contribution is 9.10. The first kappa shape index (κ1) is 17.1. The van der Waals surface area contributed by atoms with Gasteiger partial charge in [-0.1, -0.05) is 11.6 Å². The molecule has 1 aromatic heterocycles. The summed E-state index contributed by atoms with van der Waals surface area (Å²) in [6, 6.07) is 6.76. The molecule has 0 aliphatic rings. The number of aromatic nitrogens is 2. The standard InChI is InChI=1S/C13H7BrClN3O4S2/c14-8-2-4-10(12-11(8)16-23-17-12)24(21,22)18-9-3-1-6(15)5-7(9)13(19)20/h1-5,18H,(H,19,20). The molecule has 0 saturated carbocycles. The number of hydrogen-bond acceptors (Lipinski definition) is 6. The van der Waals surface area contributed by atoms with Gasteiger partial charge in [0.15, 0.2) is 0 Å². The van der Waals surface area contributed by atoms with E-state index in [1.54, 1.807) is 0 Å². The number of anilines is 1. The van der Waals surface area contributed by atoms with E-state index in [0.29, 0.717) is 9.99 Å². The largest absolute Gasteiger partial charge is 0.478 e. The Morgan fingerprint density at radius 2 is 1.92 bits per heavy atom. The molecule has 24 heavy (non-hydrogen) atoms. The van der Waals surface area contributed by atoms with Crippen molar-refractivity contribution in [1.82, 2.24) is 8.75 Å². The number of aromatic carboxylic acids is 1. The fourth-order valence-electron chi connectivity index (χ4n) is 2.01. The molecule has 1 heterocycles. The number of fused-ring (bicyclic) bond motifs is 1. The molecular weight excluding hydrogens is 442 g/mol. The summed E-state index contributed by atoms with van der Waals surface area (Å²) in [7, 11) is -4.07. The molecule has 0 amide bonds. The van der Waals surface area contributed by atoms with Crippen molar-refractivity contribution in [3.63, 3.8) is 0 Å². The zero-order valence-electron chi connectivity index (χ0n) is 11.5. The number of nitrogens with one attached hydrogen (secondary N) is 1. The van der Waals surface area contributed by atoms with Gasteiger partial charge in [-0.05, 0) is 46.3 Å². The first-order chi connectivity index (χ1) is 11.3. The van der Waals surface area contributed by atoms with Crippen LogP contribution in [0, 0.1) is 0 Å². The molecule has 0 spiro atoms. The maximum Gasteiger partial charge on any atom is 0.337 e. The van der Waals surface area contributed by atoms with Crippen LogP contribution in [0.4, 0.5) is 5.69 Å². The molecule has 3 rings (SSSR count). The van der Waals surface area contributed by atoms with E-state index in [9.17, 15) is 18.3 Å². The van der Waals surface area contributed by atoms with Gasteiger partial charge < -0.3 is 5.11 Å². The van der Waals surface area contributed by atoms with Gasteiger partial charge in [-0.25, -0.2) is 13.2 Å². The highest BCUT2D eigenvalue weighted by atomic mass is 79.9. The zero-order chi connectivity index (χ0) is 17.5. The Bertz CT molecular complexity index is 1070. The van der Waals surface area contributed by atoms with Crippen molar-refractivity contribution >= 4 is 72.0 Å². The number of carboxylic acids is 1. The molecule has 0 atom stereocenters. The van der Waals surface area contributed by atoms with Crippen LogP contribution in [0.3, 0.4) is 0 Å². The number of carbonyl (C=O) groups is 1. The quantitative estimate of drug-likeness (QED) is 0.631. The first-order valence-corrected chi connectivity index (χ1v) is 9.64. The van der Waals surface area contributed by atoms with Crippen molar-refractivity contribution in [3.8, 4) is 0 Å². The molecule has 0 aliphatic heterocycles. The third-order valence-electron chi connectivity index (χ3n) is 3.08. The summed E-state index contributed by atoms with van der Waals surface area (Å²) in [6.07, 6.45) is 0. The van der Waals surface area contributed by atoms with E-state index in [-0.39, 0.29) is 26.7 Å². The summed E-state index contributed by atoms with van der Waals surface area (Å²) in [5.74, 6) is -1.30. The van der Waals surface area contributed by atoms with E-state index in [4.69, 9.17) is 11.6 Å². The molecule has 0 unspecified atom stereocenters. The molecule has 3 aromatic rings. The van der Waals surface area contributed by atoms with Gasteiger partial charge in [-0.15, -0.1) is 0 Å². The molecular formula is C13H7BrClN3O4S2. The molecule has 0 saturated heterocycles. The molecule has 0 bridgehead atoms. The maximum absolute atomic E-state index is 12.7. The third kappa shape index (κ3) is 3.09. The maximum atomic E-state index is 12.7. The minimum Gasteiger partial charge on any atom is -0.478 e. The third-order valence-corrected chi connectivity index (χ3v) is 5.88. The second-order valence-electron chi connectivity index (χ2n) is 4.61. The fourth-order valence-corrected chi connectivity index (χ4v) is 4.56.